The normalized spacial score (nSPS) is 23.5. The molecule has 0 amide bonds. The summed E-state index contributed by atoms with van der Waals surface area (Å²) in [6.07, 6.45) is 1.83. The molecular formula is C18H36N4O2. The van der Waals surface area contributed by atoms with Gasteiger partial charge in [0.15, 0.2) is 0 Å². The average molecular weight is 341 g/mol. The summed E-state index contributed by atoms with van der Waals surface area (Å²) < 4.78 is 5.48. The molecule has 2 aliphatic rings. The van der Waals surface area contributed by atoms with Crippen LogP contribution in [0.15, 0.2) is 0 Å². The van der Waals surface area contributed by atoms with Crippen LogP contribution < -0.4 is 0 Å². The molecule has 0 spiro atoms. The van der Waals surface area contributed by atoms with Gasteiger partial charge in [0, 0.05) is 45.8 Å². The Labute approximate surface area is 147 Å². The van der Waals surface area contributed by atoms with Crippen LogP contribution in [0, 0.1) is 5.41 Å². The molecule has 0 aromatic heterocycles. The van der Waals surface area contributed by atoms with Gasteiger partial charge in [-0.15, -0.1) is 0 Å². The number of likely N-dealkylation sites (tertiary alicyclic amines) is 1. The van der Waals surface area contributed by atoms with Gasteiger partial charge in [0.05, 0.1) is 5.41 Å². The number of hydrogen-bond acceptors (Lipinski definition) is 6. The minimum atomic E-state index is -0.295. The monoisotopic (exact) mass is 340 g/mol. The van der Waals surface area contributed by atoms with E-state index in [0.717, 1.165) is 45.6 Å². The third-order valence-electron chi connectivity index (χ3n) is 5.55. The SMILES string of the molecule is CN(C)CCOC(=O)C1(C)CCN(CCN2CCN(C)CC2)CC1. The number of esters is 1. The maximum atomic E-state index is 12.4. The Morgan fingerprint density at radius 3 is 2.08 bits per heavy atom. The highest BCUT2D eigenvalue weighted by Gasteiger charge is 2.38. The molecule has 2 heterocycles. The van der Waals surface area contributed by atoms with Gasteiger partial charge in [0.25, 0.3) is 0 Å². The fraction of sp³-hybridized carbons (Fsp3) is 0.944. The fourth-order valence-corrected chi connectivity index (χ4v) is 3.32. The van der Waals surface area contributed by atoms with Crippen LogP contribution in [-0.2, 0) is 9.53 Å². The van der Waals surface area contributed by atoms with Gasteiger partial charge in [-0.2, -0.15) is 0 Å². The van der Waals surface area contributed by atoms with Gasteiger partial charge in [-0.1, -0.05) is 0 Å². The summed E-state index contributed by atoms with van der Waals surface area (Å²) in [6.45, 7) is 12.4. The molecule has 0 bridgehead atoms. The maximum absolute atomic E-state index is 12.4. The molecule has 0 saturated carbocycles. The van der Waals surface area contributed by atoms with Crippen molar-refractivity contribution in [1.29, 1.82) is 0 Å². The van der Waals surface area contributed by atoms with E-state index in [4.69, 9.17) is 4.74 Å². The lowest BCUT2D eigenvalue weighted by Gasteiger charge is -2.39. The number of carbonyl (C=O) groups excluding carboxylic acids is 1. The van der Waals surface area contributed by atoms with Crippen molar-refractivity contribution in [2.45, 2.75) is 19.8 Å². The zero-order valence-corrected chi connectivity index (χ0v) is 16.1. The lowest BCUT2D eigenvalue weighted by atomic mass is 9.80. The zero-order valence-electron chi connectivity index (χ0n) is 16.1. The second kappa shape index (κ2) is 9.13. The summed E-state index contributed by atoms with van der Waals surface area (Å²) >= 11 is 0. The van der Waals surface area contributed by atoms with Crippen LogP contribution in [-0.4, -0.2) is 112 Å². The van der Waals surface area contributed by atoms with E-state index in [0.29, 0.717) is 6.61 Å². The predicted octanol–water partition coefficient (Wildman–Crippen LogP) is 0.441. The van der Waals surface area contributed by atoms with Crippen LogP contribution in [0.5, 0.6) is 0 Å². The summed E-state index contributed by atoms with van der Waals surface area (Å²) in [7, 11) is 6.18. The van der Waals surface area contributed by atoms with Crippen LogP contribution in [0.1, 0.15) is 19.8 Å². The maximum Gasteiger partial charge on any atom is 0.311 e. The molecular weight excluding hydrogens is 304 g/mol. The molecule has 6 nitrogen and oxygen atoms in total. The molecule has 2 fully saturated rings. The molecule has 0 atom stereocenters. The number of piperazine rings is 1. The van der Waals surface area contributed by atoms with Crippen LogP contribution in [0.2, 0.25) is 0 Å². The molecule has 0 radical (unpaired) electrons. The second-order valence-electron chi connectivity index (χ2n) is 7.99. The molecule has 0 N–H and O–H groups in total. The Bertz CT molecular complexity index is 386. The van der Waals surface area contributed by atoms with Gasteiger partial charge in [-0.05, 0) is 54.0 Å². The van der Waals surface area contributed by atoms with E-state index in [1.54, 1.807) is 0 Å². The van der Waals surface area contributed by atoms with Crippen LogP contribution >= 0.6 is 0 Å². The number of rotatable bonds is 7. The van der Waals surface area contributed by atoms with Gasteiger partial charge < -0.3 is 19.4 Å². The number of ether oxygens (including phenoxy) is 1. The minimum absolute atomic E-state index is 0.0110. The van der Waals surface area contributed by atoms with E-state index in [9.17, 15) is 4.79 Å². The first-order chi connectivity index (χ1) is 11.4. The second-order valence-corrected chi connectivity index (χ2v) is 7.99. The van der Waals surface area contributed by atoms with Gasteiger partial charge >= 0.3 is 5.97 Å². The van der Waals surface area contributed by atoms with Crippen molar-refractivity contribution in [3.05, 3.63) is 0 Å². The number of nitrogens with zero attached hydrogens (tertiary/aromatic N) is 4. The standard InChI is InChI=1S/C18H36N4O2/c1-18(17(23)24-16-15-19(2)3)5-7-21(8-6-18)13-14-22-11-9-20(4)10-12-22/h5-16H2,1-4H3. The Morgan fingerprint density at radius 2 is 1.54 bits per heavy atom. The summed E-state index contributed by atoms with van der Waals surface area (Å²) in [5.41, 5.74) is -0.295. The lowest BCUT2D eigenvalue weighted by molar-refractivity contribution is -0.158. The summed E-state index contributed by atoms with van der Waals surface area (Å²) in [5, 5.41) is 0. The first-order valence-electron chi connectivity index (χ1n) is 9.34. The Balaban J connectivity index is 1.65. The van der Waals surface area contributed by atoms with Gasteiger partial charge in [-0.25, -0.2) is 0 Å². The Kier molecular flexibility index (Phi) is 7.47. The third kappa shape index (κ3) is 5.99. The minimum Gasteiger partial charge on any atom is -0.464 e. The van der Waals surface area contributed by atoms with Crippen molar-refractivity contribution in [3.8, 4) is 0 Å². The molecule has 0 unspecified atom stereocenters. The van der Waals surface area contributed by atoms with E-state index >= 15 is 0 Å². The molecule has 0 aromatic carbocycles. The first kappa shape index (κ1) is 19.6. The number of likely N-dealkylation sites (N-methyl/N-ethyl adjacent to an activating group) is 2. The number of hydrogen-bond donors (Lipinski definition) is 0. The number of carbonyl (C=O) groups is 1. The molecule has 2 saturated heterocycles. The van der Waals surface area contributed by atoms with Crippen LogP contribution in [0.25, 0.3) is 0 Å². The van der Waals surface area contributed by atoms with Gasteiger partial charge in [0.1, 0.15) is 6.61 Å². The highest BCUT2D eigenvalue weighted by Crippen LogP contribution is 2.32. The highest BCUT2D eigenvalue weighted by atomic mass is 16.5. The molecule has 6 heteroatoms. The largest absolute Gasteiger partial charge is 0.464 e. The summed E-state index contributed by atoms with van der Waals surface area (Å²) in [4.78, 5) is 21.9. The van der Waals surface area contributed by atoms with E-state index in [-0.39, 0.29) is 11.4 Å². The molecule has 0 aliphatic carbocycles. The van der Waals surface area contributed by atoms with Gasteiger partial charge in [0.2, 0.25) is 0 Å². The lowest BCUT2D eigenvalue weighted by Crippen LogP contribution is -2.49. The zero-order chi connectivity index (χ0) is 17.6. The van der Waals surface area contributed by atoms with Crippen LogP contribution in [0.4, 0.5) is 0 Å². The molecule has 2 rings (SSSR count). The van der Waals surface area contributed by atoms with Crippen LogP contribution in [0.3, 0.4) is 0 Å². The topological polar surface area (TPSA) is 39.3 Å². The van der Waals surface area contributed by atoms with E-state index in [1.807, 2.05) is 19.0 Å². The van der Waals surface area contributed by atoms with Crippen molar-refractivity contribution in [3.63, 3.8) is 0 Å². The predicted molar refractivity (Wildman–Crippen MR) is 97.2 cm³/mol. The first-order valence-corrected chi connectivity index (χ1v) is 9.34. The Morgan fingerprint density at radius 1 is 1.00 bits per heavy atom. The van der Waals surface area contributed by atoms with Crippen molar-refractivity contribution >= 4 is 5.97 Å². The molecule has 140 valence electrons. The van der Waals surface area contributed by atoms with E-state index in [1.165, 1.54) is 26.2 Å². The van der Waals surface area contributed by atoms with E-state index < -0.39 is 0 Å². The highest BCUT2D eigenvalue weighted by molar-refractivity contribution is 5.76. The summed E-state index contributed by atoms with van der Waals surface area (Å²) in [5.74, 6) is -0.0110. The number of piperidine rings is 1. The quantitative estimate of drug-likeness (QED) is 0.627. The fourth-order valence-electron chi connectivity index (χ4n) is 3.32. The average Bonchev–Trinajstić information content (AvgIpc) is 2.55. The van der Waals surface area contributed by atoms with Gasteiger partial charge in [-0.3, -0.25) is 9.69 Å². The van der Waals surface area contributed by atoms with Crippen molar-refractivity contribution in [2.24, 2.45) is 5.41 Å². The Hall–Kier alpha value is -0.690. The smallest absolute Gasteiger partial charge is 0.311 e. The molecule has 2 aliphatic heterocycles. The van der Waals surface area contributed by atoms with Crippen molar-refractivity contribution in [1.82, 2.24) is 19.6 Å². The summed E-state index contributed by atoms with van der Waals surface area (Å²) in [6, 6.07) is 0. The van der Waals surface area contributed by atoms with Crippen molar-refractivity contribution < 1.29 is 9.53 Å². The van der Waals surface area contributed by atoms with E-state index in [2.05, 4.69) is 28.7 Å². The van der Waals surface area contributed by atoms with Crippen molar-refractivity contribution in [2.75, 3.05) is 86.7 Å². The third-order valence-corrected chi connectivity index (χ3v) is 5.55. The molecule has 0 aromatic rings. The molecule has 24 heavy (non-hydrogen) atoms.